The molecule has 5 nitrogen and oxygen atoms in total. The molecule has 0 bridgehead atoms. The molecule has 0 spiro atoms. The van der Waals surface area contributed by atoms with Crippen LogP contribution in [0.1, 0.15) is 16.8 Å². The lowest BCUT2D eigenvalue weighted by Gasteiger charge is -2.19. The Kier molecular flexibility index (Phi) is 3.49. The van der Waals surface area contributed by atoms with Crippen LogP contribution < -0.4 is 15.2 Å². The Bertz CT molecular complexity index is 431. The fraction of sp³-hybridized carbons (Fsp3) is 0.417. The number of anilines is 1. The molecule has 0 atom stereocenters. The van der Waals surface area contributed by atoms with Gasteiger partial charge < -0.3 is 19.9 Å². The highest BCUT2D eigenvalue weighted by molar-refractivity contribution is 6.01. The summed E-state index contributed by atoms with van der Waals surface area (Å²) in [7, 11) is 1.56. The van der Waals surface area contributed by atoms with Gasteiger partial charge in [-0.1, -0.05) is 0 Å². The molecule has 1 aliphatic rings. The normalized spacial score (nSPS) is 13.5. The summed E-state index contributed by atoms with van der Waals surface area (Å²) in [6.07, 6.45) is 0.306. The van der Waals surface area contributed by atoms with E-state index in [-0.39, 0.29) is 5.78 Å². The highest BCUT2D eigenvalue weighted by Gasteiger charge is 2.18. The van der Waals surface area contributed by atoms with Gasteiger partial charge in [0.15, 0.2) is 17.3 Å². The Balaban J connectivity index is 2.25. The summed E-state index contributed by atoms with van der Waals surface area (Å²) in [5.41, 5.74) is 6.70. The van der Waals surface area contributed by atoms with Crippen molar-refractivity contribution < 1.29 is 19.0 Å². The van der Waals surface area contributed by atoms with E-state index in [1.54, 1.807) is 19.2 Å². The van der Waals surface area contributed by atoms with Gasteiger partial charge in [0.2, 0.25) is 0 Å². The van der Waals surface area contributed by atoms with Gasteiger partial charge in [0.05, 0.1) is 6.61 Å². The zero-order valence-electron chi connectivity index (χ0n) is 9.69. The fourth-order valence-corrected chi connectivity index (χ4v) is 1.68. The van der Waals surface area contributed by atoms with Crippen molar-refractivity contribution in [2.24, 2.45) is 0 Å². The van der Waals surface area contributed by atoms with E-state index in [1.165, 1.54) is 0 Å². The molecule has 2 rings (SSSR count). The minimum absolute atomic E-state index is 0.0543. The maximum atomic E-state index is 11.9. The first-order chi connectivity index (χ1) is 8.22. The molecule has 1 aromatic carbocycles. The number of hydrogen-bond donors (Lipinski definition) is 1. The Morgan fingerprint density at radius 3 is 2.65 bits per heavy atom. The molecule has 1 heterocycles. The second-order valence-corrected chi connectivity index (χ2v) is 3.75. The summed E-state index contributed by atoms with van der Waals surface area (Å²) >= 11 is 0. The van der Waals surface area contributed by atoms with Crippen LogP contribution in [0.2, 0.25) is 0 Å². The smallest absolute Gasteiger partial charge is 0.167 e. The number of ketones is 1. The molecule has 5 heteroatoms. The van der Waals surface area contributed by atoms with Crippen LogP contribution in [0.3, 0.4) is 0 Å². The van der Waals surface area contributed by atoms with E-state index < -0.39 is 0 Å². The van der Waals surface area contributed by atoms with Gasteiger partial charge >= 0.3 is 0 Å². The van der Waals surface area contributed by atoms with Crippen LogP contribution in [0.4, 0.5) is 5.69 Å². The maximum absolute atomic E-state index is 11.9. The number of carbonyl (C=O) groups is 1. The van der Waals surface area contributed by atoms with Gasteiger partial charge in [-0.2, -0.15) is 0 Å². The van der Waals surface area contributed by atoms with Crippen LogP contribution in [0, 0.1) is 0 Å². The summed E-state index contributed by atoms with van der Waals surface area (Å²) < 4.78 is 15.7. The Morgan fingerprint density at radius 1 is 1.35 bits per heavy atom. The monoisotopic (exact) mass is 237 g/mol. The summed E-state index contributed by atoms with van der Waals surface area (Å²) in [4.78, 5) is 11.9. The lowest BCUT2D eigenvalue weighted by Crippen LogP contribution is -2.17. The molecule has 0 saturated carbocycles. The molecule has 0 aromatic heterocycles. The van der Waals surface area contributed by atoms with Gasteiger partial charge in [-0.15, -0.1) is 0 Å². The molecule has 1 aromatic rings. The largest absolute Gasteiger partial charge is 0.486 e. The van der Waals surface area contributed by atoms with E-state index in [9.17, 15) is 4.79 Å². The van der Waals surface area contributed by atoms with Crippen LogP contribution in [0.25, 0.3) is 0 Å². The van der Waals surface area contributed by atoms with Crippen molar-refractivity contribution in [1.29, 1.82) is 0 Å². The number of Topliss-reactive ketones (excluding diaryl/α,β-unsaturated/α-hetero) is 1. The number of rotatable bonds is 4. The van der Waals surface area contributed by atoms with Crippen LogP contribution in [-0.4, -0.2) is 32.7 Å². The van der Waals surface area contributed by atoms with Gasteiger partial charge in [-0.05, 0) is 6.07 Å². The number of nitrogens with two attached hydrogens (primary N) is 1. The first kappa shape index (κ1) is 11.7. The highest BCUT2D eigenvalue weighted by Crippen LogP contribution is 2.34. The molecule has 0 aliphatic carbocycles. The van der Waals surface area contributed by atoms with Crippen LogP contribution in [-0.2, 0) is 4.74 Å². The SMILES string of the molecule is COCCC(=O)c1cc2c(cc1N)OCCO2. The number of methoxy groups -OCH3 is 1. The van der Waals surface area contributed by atoms with E-state index in [4.69, 9.17) is 19.9 Å². The van der Waals surface area contributed by atoms with Crippen LogP contribution in [0.5, 0.6) is 11.5 Å². The van der Waals surface area contributed by atoms with Crippen molar-refractivity contribution >= 4 is 11.5 Å². The van der Waals surface area contributed by atoms with Crippen molar-refractivity contribution in [2.75, 3.05) is 32.7 Å². The number of benzene rings is 1. The predicted molar refractivity (Wildman–Crippen MR) is 62.7 cm³/mol. The molecule has 2 N–H and O–H groups in total. The van der Waals surface area contributed by atoms with Gasteiger partial charge in [0.25, 0.3) is 0 Å². The molecule has 0 saturated heterocycles. The Morgan fingerprint density at radius 2 is 2.00 bits per heavy atom. The fourth-order valence-electron chi connectivity index (χ4n) is 1.68. The van der Waals surface area contributed by atoms with E-state index >= 15 is 0 Å². The van der Waals surface area contributed by atoms with E-state index in [1.807, 2.05) is 0 Å². The Hall–Kier alpha value is -1.75. The average Bonchev–Trinajstić information content (AvgIpc) is 2.35. The third-order valence-electron chi connectivity index (χ3n) is 2.55. The molecule has 0 unspecified atom stereocenters. The summed E-state index contributed by atoms with van der Waals surface area (Å²) in [6, 6.07) is 3.27. The number of ether oxygens (including phenoxy) is 3. The van der Waals surface area contributed by atoms with Crippen molar-refractivity contribution in [3.05, 3.63) is 17.7 Å². The molecular formula is C12H15NO4. The van der Waals surface area contributed by atoms with Crippen molar-refractivity contribution in [2.45, 2.75) is 6.42 Å². The lowest BCUT2D eigenvalue weighted by molar-refractivity contribution is 0.0932. The number of fused-ring (bicyclic) bond motifs is 1. The summed E-state index contributed by atoms with van der Waals surface area (Å²) in [6.45, 7) is 1.37. The zero-order chi connectivity index (χ0) is 12.3. The third-order valence-corrected chi connectivity index (χ3v) is 2.55. The van der Waals surface area contributed by atoms with Crippen LogP contribution >= 0.6 is 0 Å². The maximum Gasteiger partial charge on any atom is 0.167 e. The van der Waals surface area contributed by atoms with Crippen LogP contribution in [0.15, 0.2) is 12.1 Å². The quantitative estimate of drug-likeness (QED) is 0.630. The number of carbonyl (C=O) groups excluding carboxylic acids is 1. The molecule has 0 amide bonds. The lowest BCUT2D eigenvalue weighted by atomic mass is 10.1. The molecule has 92 valence electrons. The topological polar surface area (TPSA) is 70.8 Å². The molecule has 1 aliphatic heterocycles. The van der Waals surface area contributed by atoms with E-state index in [0.29, 0.717) is 49.0 Å². The number of nitrogen functional groups attached to an aromatic ring is 1. The predicted octanol–water partition coefficient (Wildman–Crippen LogP) is 1.26. The van der Waals surface area contributed by atoms with Gasteiger partial charge in [-0.3, -0.25) is 4.79 Å². The van der Waals surface area contributed by atoms with Crippen molar-refractivity contribution in [3.63, 3.8) is 0 Å². The second kappa shape index (κ2) is 5.05. The summed E-state index contributed by atoms with van der Waals surface area (Å²) in [5, 5.41) is 0. The van der Waals surface area contributed by atoms with Crippen molar-refractivity contribution in [1.82, 2.24) is 0 Å². The van der Waals surface area contributed by atoms with Gasteiger partial charge in [0.1, 0.15) is 13.2 Å². The molecule has 0 radical (unpaired) electrons. The number of hydrogen-bond acceptors (Lipinski definition) is 5. The summed E-state index contributed by atoms with van der Waals surface area (Å²) in [5.74, 6) is 1.12. The highest BCUT2D eigenvalue weighted by atomic mass is 16.6. The molecule has 0 fully saturated rings. The van der Waals surface area contributed by atoms with E-state index in [0.717, 1.165) is 0 Å². The second-order valence-electron chi connectivity index (χ2n) is 3.75. The minimum atomic E-state index is -0.0543. The van der Waals surface area contributed by atoms with E-state index in [2.05, 4.69) is 0 Å². The van der Waals surface area contributed by atoms with Gasteiger partial charge in [0, 0.05) is 30.8 Å². The molecule has 17 heavy (non-hydrogen) atoms. The van der Waals surface area contributed by atoms with Gasteiger partial charge in [-0.25, -0.2) is 0 Å². The first-order valence-corrected chi connectivity index (χ1v) is 5.43. The average molecular weight is 237 g/mol. The molecular weight excluding hydrogens is 222 g/mol. The minimum Gasteiger partial charge on any atom is -0.486 e. The Labute approximate surface area is 99.5 Å². The first-order valence-electron chi connectivity index (χ1n) is 5.43. The zero-order valence-corrected chi connectivity index (χ0v) is 9.69. The van der Waals surface area contributed by atoms with Crippen molar-refractivity contribution in [3.8, 4) is 11.5 Å². The third kappa shape index (κ3) is 2.50. The standard InChI is InChI=1S/C12H15NO4/c1-15-3-2-10(14)8-6-11-12(7-9(8)13)17-5-4-16-11/h6-7H,2-5,13H2,1H3.